The first kappa shape index (κ1) is 28.1. The standard InChI is InChI=1S/C29H37F2N3O4/c1-2-3-9-34-17-21(13-27(34)35)29(37)33-26(12-20-10-22(30)14-23(31)11-20)28(36)25-15-24(16-32-25)38-18-19-7-5-4-6-8-19/h4-8,10-11,14,21,24-26,28,32,36H,2-3,9,12-13,15-18H2,1H3,(H,33,37)/t21-,24+,25+,26-,28+/m0/s1. The number of unbranched alkanes of at least 4 members (excludes halogenated alkanes) is 1. The summed E-state index contributed by atoms with van der Waals surface area (Å²) in [5.74, 6) is -2.37. The number of amides is 2. The largest absolute Gasteiger partial charge is 0.389 e. The maximum absolute atomic E-state index is 13.9. The molecule has 2 aromatic rings. The molecule has 0 aliphatic carbocycles. The molecule has 206 valence electrons. The summed E-state index contributed by atoms with van der Waals surface area (Å²) in [7, 11) is 0. The Morgan fingerprint density at radius 3 is 2.63 bits per heavy atom. The van der Waals surface area contributed by atoms with Crippen molar-refractivity contribution < 1.29 is 28.2 Å². The molecular formula is C29H37F2N3O4. The molecule has 2 aromatic carbocycles. The SMILES string of the molecule is CCCCN1C[C@@H](C(=O)N[C@@H](Cc2cc(F)cc(F)c2)[C@H](O)[C@H]2C[C@@H](OCc3ccccc3)CN2)CC1=O. The summed E-state index contributed by atoms with van der Waals surface area (Å²) in [6, 6.07) is 11.8. The lowest BCUT2D eigenvalue weighted by Crippen LogP contribution is -2.53. The van der Waals surface area contributed by atoms with Gasteiger partial charge >= 0.3 is 0 Å². The Bertz CT molecular complexity index is 1070. The number of nitrogens with zero attached hydrogens (tertiary/aromatic N) is 1. The fourth-order valence-corrected chi connectivity index (χ4v) is 5.24. The van der Waals surface area contributed by atoms with Crippen molar-refractivity contribution in [2.24, 2.45) is 5.92 Å². The minimum absolute atomic E-state index is 0.0372. The van der Waals surface area contributed by atoms with E-state index >= 15 is 0 Å². The summed E-state index contributed by atoms with van der Waals surface area (Å²) in [4.78, 5) is 27.3. The third-order valence-electron chi connectivity index (χ3n) is 7.35. The van der Waals surface area contributed by atoms with E-state index in [0.29, 0.717) is 38.2 Å². The quantitative estimate of drug-likeness (QED) is 0.393. The number of hydrogen-bond acceptors (Lipinski definition) is 5. The molecule has 3 N–H and O–H groups in total. The number of carbonyl (C=O) groups is 2. The van der Waals surface area contributed by atoms with Crippen LogP contribution in [0.4, 0.5) is 8.78 Å². The summed E-state index contributed by atoms with van der Waals surface area (Å²) in [6.07, 6.45) is 1.32. The van der Waals surface area contributed by atoms with Crippen LogP contribution in [0.15, 0.2) is 48.5 Å². The molecular weight excluding hydrogens is 492 g/mol. The Labute approximate surface area is 222 Å². The minimum atomic E-state index is -1.04. The van der Waals surface area contributed by atoms with Crippen molar-refractivity contribution in [3.05, 3.63) is 71.3 Å². The van der Waals surface area contributed by atoms with Gasteiger partial charge in [0, 0.05) is 38.2 Å². The van der Waals surface area contributed by atoms with E-state index in [4.69, 9.17) is 4.74 Å². The highest BCUT2D eigenvalue weighted by atomic mass is 19.1. The van der Waals surface area contributed by atoms with Gasteiger partial charge in [-0.05, 0) is 42.5 Å². The lowest BCUT2D eigenvalue weighted by Gasteiger charge is -2.29. The highest BCUT2D eigenvalue weighted by Crippen LogP contribution is 2.22. The van der Waals surface area contributed by atoms with E-state index in [2.05, 4.69) is 10.6 Å². The van der Waals surface area contributed by atoms with Gasteiger partial charge in [-0.25, -0.2) is 8.78 Å². The van der Waals surface area contributed by atoms with Crippen molar-refractivity contribution in [1.29, 1.82) is 0 Å². The Morgan fingerprint density at radius 1 is 1.18 bits per heavy atom. The molecule has 0 aromatic heterocycles. The van der Waals surface area contributed by atoms with Crippen molar-refractivity contribution in [2.75, 3.05) is 19.6 Å². The summed E-state index contributed by atoms with van der Waals surface area (Å²) in [6.45, 7) is 3.97. The molecule has 2 saturated heterocycles. The number of benzene rings is 2. The highest BCUT2D eigenvalue weighted by Gasteiger charge is 2.38. The van der Waals surface area contributed by atoms with Gasteiger partial charge in [-0.15, -0.1) is 0 Å². The lowest BCUT2D eigenvalue weighted by molar-refractivity contribution is -0.129. The molecule has 4 rings (SSSR count). The van der Waals surface area contributed by atoms with Gasteiger partial charge in [0.15, 0.2) is 0 Å². The number of ether oxygens (including phenoxy) is 1. The number of carbonyl (C=O) groups excluding carboxylic acids is 2. The van der Waals surface area contributed by atoms with E-state index in [9.17, 15) is 23.5 Å². The number of halogens is 2. The number of likely N-dealkylation sites (tertiary alicyclic amines) is 1. The molecule has 2 aliphatic heterocycles. The molecule has 2 aliphatic rings. The topological polar surface area (TPSA) is 90.9 Å². The van der Waals surface area contributed by atoms with Crippen molar-refractivity contribution >= 4 is 11.8 Å². The van der Waals surface area contributed by atoms with Crippen LogP contribution in [0, 0.1) is 17.6 Å². The Balaban J connectivity index is 1.41. The van der Waals surface area contributed by atoms with E-state index in [1.54, 1.807) is 4.90 Å². The summed E-state index contributed by atoms with van der Waals surface area (Å²) < 4.78 is 33.8. The molecule has 2 heterocycles. The summed E-state index contributed by atoms with van der Waals surface area (Å²) >= 11 is 0. The van der Waals surface area contributed by atoms with Gasteiger partial charge in [-0.3, -0.25) is 9.59 Å². The molecule has 0 bridgehead atoms. The fourth-order valence-electron chi connectivity index (χ4n) is 5.24. The van der Waals surface area contributed by atoms with Crippen molar-refractivity contribution in [3.8, 4) is 0 Å². The maximum atomic E-state index is 13.9. The number of aliphatic hydroxyl groups is 1. The predicted octanol–water partition coefficient (Wildman–Crippen LogP) is 2.95. The fraction of sp³-hybridized carbons (Fsp3) is 0.517. The van der Waals surface area contributed by atoms with Crippen LogP contribution in [0.1, 0.15) is 43.7 Å². The van der Waals surface area contributed by atoms with Gasteiger partial charge in [0.1, 0.15) is 11.6 Å². The van der Waals surface area contributed by atoms with E-state index in [0.717, 1.165) is 24.5 Å². The molecule has 0 saturated carbocycles. The first-order chi connectivity index (χ1) is 18.3. The molecule has 5 atom stereocenters. The van der Waals surface area contributed by atoms with Gasteiger partial charge in [-0.2, -0.15) is 0 Å². The Morgan fingerprint density at radius 2 is 1.92 bits per heavy atom. The Kier molecular flexibility index (Phi) is 9.82. The molecule has 2 fully saturated rings. The van der Waals surface area contributed by atoms with Crippen LogP contribution in [0.25, 0.3) is 0 Å². The third-order valence-corrected chi connectivity index (χ3v) is 7.35. The minimum Gasteiger partial charge on any atom is -0.389 e. The normalized spacial score (nSPS) is 23.0. The monoisotopic (exact) mass is 529 g/mol. The zero-order chi connectivity index (χ0) is 27.1. The van der Waals surface area contributed by atoms with Gasteiger partial charge in [0.2, 0.25) is 11.8 Å². The molecule has 0 unspecified atom stereocenters. The smallest absolute Gasteiger partial charge is 0.225 e. The van der Waals surface area contributed by atoms with Crippen LogP contribution in [0.5, 0.6) is 0 Å². The average molecular weight is 530 g/mol. The van der Waals surface area contributed by atoms with Crippen LogP contribution < -0.4 is 10.6 Å². The molecule has 0 radical (unpaired) electrons. The van der Waals surface area contributed by atoms with Crippen LogP contribution in [0.2, 0.25) is 0 Å². The van der Waals surface area contributed by atoms with Crippen LogP contribution >= 0.6 is 0 Å². The molecule has 38 heavy (non-hydrogen) atoms. The zero-order valence-electron chi connectivity index (χ0n) is 21.7. The molecule has 0 spiro atoms. The average Bonchev–Trinajstić information content (AvgIpc) is 3.52. The third kappa shape index (κ3) is 7.58. The number of aliphatic hydroxyl groups excluding tert-OH is 1. The van der Waals surface area contributed by atoms with Gasteiger partial charge in [0.25, 0.3) is 0 Å². The molecule has 7 nitrogen and oxygen atoms in total. The second kappa shape index (κ2) is 13.3. The van der Waals surface area contributed by atoms with E-state index in [-0.39, 0.29) is 36.8 Å². The first-order valence-electron chi connectivity index (χ1n) is 13.4. The first-order valence-corrected chi connectivity index (χ1v) is 13.4. The van der Waals surface area contributed by atoms with Crippen LogP contribution in [0.3, 0.4) is 0 Å². The van der Waals surface area contributed by atoms with Gasteiger partial charge in [-0.1, -0.05) is 43.7 Å². The van der Waals surface area contributed by atoms with Crippen LogP contribution in [-0.2, 0) is 27.4 Å². The summed E-state index contributed by atoms with van der Waals surface area (Å²) in [5, 5.41) is 17.5. The predicted molar refractivity (Wildman–Crippen MR) is 139 cm³/mol. The van der Waals surface area contributed by atoms with Gasteiger partial charge in [0.05, 0.1) is 30.8 Å². The second-order valence-electron chi connectivity index (χ2n) is 10.4. The molecule has 2 amide bonds. The van der Waals surface area contributed by atoms with Gasteiger partial charge < -0.3 is 25.4 Å². The maximum Gasteiger partial charge on any atom is 0.225 e. The Hall–Kier alpha value is -2.88. The van der Waals surface area contributed by atoms with Crippen molar-refractivity contribution in [2.45, 2.75) is 69.9 Å². The summed E-state index contributed by atoms with van der Waals surface area (Å²) in [5.41, 5.74) is 1.38. The lowest BCUT2D eigenvalue weighted by atomic mass is 9.94. The van der Waals surface area contributed by atoms with Crippen molar-refractivity contribution in [3.63, 3.8) is 0 Å². The molecule has 9 heteroatoms. The highest BCUT2D eigenvalue weighted by molar-refractivity contribution is 5.89. The number of rotatable bonds is 12. The second-order valence-corrected chi connectivity index (χ2v) is 10.4. The van der Waals surface area contributed by atoms with E-state index < -0.39 is 29.7 Å². The van der Waals surface area contributed by atoms with E-state index in [1.807, 2.05) is 37.3 Å². The number of hydrogen-bond donors (Lipinski definition) is 3. The van der Waals surface area contributed by atoms with E-state index in [1.165, 1.54) is 12.1 Å². The van der Waals surface area contributed by atoms with Crippen molar-refractivity contribution in [1.82, 2.24) is 15.5 Å². The number of nitrogens with one attached hydrogen (secondary N) is 2. The van der Waals surface area contributed by atoms with Crippen LogP contribution in [-0.4, -0.2) is 65.7 Å². The zero-order valence-corrected chi connectivity index (χ0v) is 21.7.